The van der Waals surface area contributed by atoms with Crippen LogP contribution in [0.5, 0.6) is 0 Å². The summed E-state index contributed by atoms with van der Waals surface area (Å²) < 4.78 is 5.77. The van der Waals surface area contributed by atoms with Gasteiger partial charge in [0.15, 0.2) is 0 Å². The summed E-state index contributed by atoms with van der Waals surface area (Å²) >= 11 is 0. The minimum Gasteiger partial charge on any atom is -0.459 e. The third-order valence-corrected chi connectivity index (χ3v) is 5.26. The minimum atomic E-state index is -0.428. The van der Waals surface area contributed by atoms with E-state index in [4.69, 9.17) is 4.74 Å². The molecule has 0 N–H and O–H groups in total. The minimum absolute atomic E-state index is 0.0126. The Labute approximate surface area is 138 Å². The van der Waals surface area contributed by atoms with E-state index in [0.29, 0.717) is 5.92 Å². The van der Waals surface area contributed by atoms with Gasteiger partial charge >= 0.3 is 5.97 Å². The maximum atomic E-state index is 12.9. The Morgan fingerprint density at radius 3 is 2.87 bits per heavy atom. The maximum absolute atomic E-state index is 12.9. The molecule has 0 aromatic carbocycles. The quantitative estimate of drug-likeness (QED) is 0.802. The van der Waals surface area contributed by atoms with Crippen molar-refractivity contribution in [2.75, 3.05) is 13.1 Å². The molecule has 0 amide bonds. The third-order valence-electron chi connectivity index (χ3n) is 5.26. The number of aromatic nitrogens is 2. The number of likely N-dealkylation sites (tertiary alicyclic amines) is 1. The molecule has 0 bridgehead atoms. The van der Waals surface area contributed by atoms with Crippen molar-refractivity contribution < 1.29 is 9.53 Å². The Morgan fingerprint density at radius 1 is 1.43 bits per heavy atom. The summed E-state index contributed by atoms with van der Waals surface area (Å²) in [5.74, 6) is 0.387. The van der Waals surface area contributed by atoms with Crippen LogP contribution in [-0.2, 0) is 9.53 Å². The summed E-state index contributed by atoms with van der Waals surface area (Å²) in [6, 6.07) is 0.175. The predicted molar refractivity (Wildman–Crippen MR) is 87.6 cm³/mol. The van der Waals surface area contributed by atoms with Gasteiger partial charge in [-0.1, -0.05) is 6.42 Å². The largest absolute Gasteiger partial charge is 0.459 e. The molecule has 1 saturated heterocycles. The fourth-order valence-electron chi connectivity index (χ4n) is 4.05. The highest BCUT2D eigenvalue weighted by Gasteiger charge is 2.56. The molecule has 2 heterocycles. The number of ether oxygens (including phenoxy) is 1. The molecular weight excluding hydrogens is 290 g/mol. The van der Waals surface area contributed by atoms with Crippen LogP contribution < -0.4 is 0 Å². The van der Waals surface area contributed by atoms with Gasteiger partial charge in [0.25, 0.3) is 0 Å². The number of nitrogens with zero attached hydrogens (tertiary/aromatic N) is 3. The van der Waals surface area contributed by atoms with Crippen LogP contribution in [0.3, 0.4) is 0 Å². The summed E-state index contributed by atoms with van der Waals surface area (Å²) in [6.07, 6.45) is 8.42. The van der Waals surface area contributed by atoms with E-state index in [1.165, 1.54) is 0 Å². The Kier molecular flexibility index (Phi) is 4.17. The first kappa shape index (κ1) is 16.4. The van der Waals surface area contributed by atoms with E-state index >= 15 is 0 Å². The Hall–Kier alpha value is -1.49. The number of esters is 1. The van der Waals surface area contributed by atoms with Crippen LogP contribution in [0.2, 0.25) is 0 Å². The molecule has 5 heteroatoms. The van der Waals surface area contributed by atoms with E-state index in [-0.39, 0.29) is 17.4 Å². The normalized spacial score (nSPS) is 29.3. The van der Waals surface area contributed by atoms with Crippen molar-refractivity contribution in [2.45, 2.75) is 58.6 Å². The fraction of sp³-hybridized carbons (Fsp3) is 0.722. The molecular formula is C18H27N3O2. The van der Waals surface area contributed by atoms with Crippen molar-refractivity contribution in [1.82, 2.24) is 14.9 Å². The molecule has 1 aromatic heterocycles. The van der Waals surface area contributed by atoms with E-state index in [1.807, 2.05) is 27.0 Å². The molecule has 1 saturated carbocycles. The van der Waals surface area contributed by atoms with Crippen molar-refractivity contribution in [3.8, 4) is 0 Å². The monoisotopic (exact) mass is 317 g/mol. The number of rotatable bonds is 3. The van der Waals surface area contributed by atoms with Crippen molar-refractivity contribution in [3.63, 3.8) is 0 Å². The van der Waals surface area contributed by atoms with Gasteiger partial charge in [-0.25, -0.2) is 0 Å². The Bertz CT molecular complexity index is 569. The van der Waals surface area contributed by atoms with Gasteiger partial charge in [0.1, 0.15) is 5.60 Å². The lowest BCUT2D eigenvalue weighted by Crippen LogP contribution is -2.41. The van der Waals surface area contributed by atoms with Gasteiger partial charge in [0.2, 0.25) is 0 Å². The lowest BCUT2D eigenvalue weighted by Gasteiger charge is -2.31. The van der Waals surface area contributed by atoms with E-state index in [2.05, 4.69) is 21.8 Å². The molecule has 5 nitrogen and oxygen atoms in total. The molecule has 1 aromatic rings. The number of carbonyl (C=O) groups is 1. The van der Waals surface area contributed by atoms with Crippen molar-refractivity contribution >= 4 is 5.97 Å². The second-order valence-electron chi connectivity index (χ2n) is 7.98. The van der Waals surface area contributed by atoms with E-state index in [1.54, 1.807) is 12.4 Å². The molecule has 2 fully saturated rings. The predicted octanol–water partition coefficient (Wildman–Crippen LogP) is 2.98. The number of hydrogen-bond donors (Lipinski definition) is 0. The summed E-state index contributed by atoms with van der Waals surface area (Å²) in [7, 11) is 0. The van der Waals surface area contributed by atoms with Crippen LogP contribution in [0, 0.1) is 11.3 Å². The standard InChI is InChI=1S/C18H27N3O2/c1-13(15-10-19-8-9-20-15)21-11-14-6-5-7-18(14,12-21)16(22)23-17(2,3)4/h8-10,13-14H,5-7,11-12H2,1-4H3/t13-,14+,18-/m1/s1. The van der Waals surface area contributed by atoms with Gasteiger partial charge in [-0.15, -0.1) is 0 Å². The van der Waals surface area contributed by atoms with Crippen molar-refractivity contribution in [2.24, 2.45) is 11.3 Å². The number of hydrogen-bond acceptors (Lipinski definition) is 5. The van der Waals surface area contributed by atoms with Gasteiger partial charge in [-0.2, -0.15) is 0 Å². The molecule has 1 aliphatic heterocycles. The zero-order valence-electron chi connectivity index (χ0n) is 14.6. The van der Waals surface area contributed by atoms with Gasteiger partial charge in [-0.3, -0.25) is 19.7 Å². The molecule has 0 radical (unpaired) electrons. The molecule has 1 aliphatic carbocycles. The van der Waals surface area contributed by atoms with Gasteiger partial charge in [0, 0.05) is 31.7 Å². The second kappa shape index (κ2) is 5.86. The van der Waals surface area contributed by atoms with Crippen molar-refractivity contribution in [3.05, 3.63) is 24.3 Å². The van der Waals surface area contributed by atoms with E-state index < -0.39 is 5.60 Å². The maximum Gasteiger partial charge on any atom is 0.314 e. The van der Waals surface area contributed by atoms with Crippen LogP contribution in [0.1, 0.15) is 58.7 Å². The van der Waals surface area contributed by atoms with Crippen LogP contribution in [0.4, 0.5) is 0 Å². The topological polar surface area (TPSA) is 55.3 Å². The molecule has 23 heavy (non-hydrogen) atoms. The highest BCUT2D eigenvalue weighted by molar-refractivity contribution is 5.79. The van der Waals surface area contributed by atoms with Crippen LogP contribution in [0.25, 0.3) is 0 Å². The first-order valence-corrected chi connectivity index (χ1v) is 8.55. The summed E-state index contributed by atoms with van der Waals surface area (Å²) in [6.45, 7) is 9.69. The van der Waals surface area contributed by atoms with Crippen LogP contribution in [0.15, 0.2) is 18.6 Å². The van der Waals surface area contributed by atoms with Crippen LogP contribution >= 0.6 is 0 Å². The summed E-state index contributed by atoms with van der Waals surface area (Å²) in [4.78, 5) is 23.9. The first-order valence-electron chi connectivity index (χ1n) is 8.55. The first-order chi connectivity index (χ1) is 10.8. The number of carbonyl (C=O) groups excluding carboxylic acids is 1. The van der Waals surface area contributed by atoms with E-state index in [0.717, 1.165) is 38.0 Å². The van der Waals surface area contributed by atoms with Gasteiger partial charge in [0.05, 0.1) is 17.2 Å². The van der Waals surface area contributed by atoms with Gasteiger partial charge in [-0.05, 0) is 46.5 Å². The third kappa shape index (κ3) is 3.11. The lowest BCUT2D eigenvalue weighted by molar-refractivity contribution is -0.168. The highest BCUT2D eigenvalue weighted by atomic mass is 16.6. The summed E-state index contributed by atoms with van der Waals surface area (Å²) in [5.41, 5.74) is 0.207. The zero-order chi connectivity index (χ0) is 16.7. The Balaban J connectivity index is 1.78. The molecule has 3 rings (SSSR count). The molecule has 3 atom stereocenters. The SMILES string of the molecule is C[C@H](c1cnccn1)N1C[C@@H]2CCC[C@@]2(C(=O)OC(C)(C)C)C1. The molecule has 2 aliphatic rings. The van der Waals surface area contributed by atoms with Crippen molar-refractivity contribution in [1.29, 1.82) is 0 Å². The lowest BCUT2D eigenvalue weighted by atomic mass is 9.80. The highest BCUT2D eigenvalue weighted by Crippen LogP contribution is 2.51. The van der Waals surface area contributed by atoms with Crippen LogP contribution in [-0.4, -0.2) is 39.5 Å². The fourth-order valence-corrected chi connectivity index (χ4v) is 4.05. The van der Waals surface area contributed by atoms with Gasteiger partial charge < -0.3 is 4.74 Å². The molecule has 126 valence electrons. The zero-order valence-corrected chi connectivity index (χ0v) is 14.6. The molecule has 0 spiro atoms. The van der Waals surface area contributed by atoms with E-state index in [9.17, 15) is 4.79 Å². The summed E-state index contributed by atoms with van der Waals surface area (Å²) in [5, 5.41) is 0. The smallest absolute Gasteiger partial charge is 0.314 e. The average Bonchev–Trinajstić information content (AvgIpc) is 3.03. The average molecular weight is 317 g/mol. The molecule has 0 unspecified atom stereocenters. The Morgan fingerprint density at radius 2 is 2.22 bits per heavy atom. The second-order valence-corrected chi connectivity index (χ2v) is 7.98. The number of fused-ring (bicyclic) bond motifs is 1.